The summed E-state index contributed by atoms with van der Waals surface area (Å²) in [6.45, 7) is 2.35. The van der Waals surface area contributed by atoms with Gasteiger partial charge in [-0.15, -0.1) is 3.89 Å². The fourth-order valence-electron chi connectivity index (χ4n) is 2.70. The molecule has 0 heterocycles. The number of ether oxygens (including phenoxy) is 3. The van der Waals surface area contributed by atoms with Crippen LogP contribution in [0.25, 0.3) is 0 Å². The molecule has 3 rings (SSSR count). The molecule has 0 bridgehead atoms. The highest BCUT2D eigenvalue weighted by atomic mass is 32.3. The zero-order chi connectivity index (χ0) is 24.8. The van der Waals surface area contributed by atoms with Crippen molar-refractivity contribution in [3.8, 4) is 28.7 Å². The lowest BCUT2D eigenvalue weighted by Gasteiger charge is -2.21. The van der Waals surface area contributed by atoms with Gasteiger partial charge in [0, 0.05) is 11.4 Å². The summed E-state index contributed by atoms with van der Waals surface area (Å²) in [6.07, 6.45) is -0.989. The second-order valence-corrected chi connectivity index (χ2v) is 8.81. The van der Waals surface area contributed by atoms with Crippen molar-refractivity contribution in [3.05, 3.63) is 78.4 Å². The van der Waals surface area contributed by atoms with Gasteiger partial charge in [-0.2, -0.15) is 12.6 Å². The van der Waals surface area contributed by atoms with E-state index < -0.39 is 27.0 Å². The Hall–Kier alpha value is -3.51. The molecule has 0 saturated heterocycles. The van der Waals surface area contributed by atoms with Gasteiger partial charge in [0.2, 0.25) is 0 Å². The van der Waals surface area contributed by atoms with E-state index in [4.69, 9.17) is 14.2 Å². The smallest absolute Gasteiger partial charge is 0.488 e. The molecule has 0 aromatic heterocycles. The van der Waals surface area contributed by atoms with E-state index in [1.54, 1.807) is 24.3 Å². The van der Waals surface area contributed by atoms with Crippen molar-refractivity contribution in [1.82, 2.24) is 0 Å². The van der Waals surface area contributed by atoms with E-state index in [1.807, 2.05) is 6.92 Å². The number of benzene rings is 3. The van der Waals surface area contributed by atoms with E-state index in [0.29, 0.717) is 23.7 Å². The third-order valence-corrected chi connectivity index (χ3v) is 4.85. The zero-order valence-corrected chi connectivity index (χ0v) is 19.4. The van der Waals surface area contributed by atoms with Crippen molar-refractivity contribution in [2.45, 2.75) is 13.2 Å². The van der Waals surface area contributed by atoms with E-state index >= 15 is 0 Å². The maximum absolute atomic E-state index is 13.1. The van der Waals surface area contributed by atoms with Crippen LogP contribution in [-0.4, -0.2) is 25.1 Å². The number of hydrogen-bond donors (Lipinski definition) is 0. The summed E-state index contributed by atoms with van der Waals surface area (Å²) >= 11 is 0. The third-order valence-electron chi connectivity index (χ3n) is 4.01. The number of hydrogen-bond acceptors (Lipinski definition) is 8. The minimum absolute atomic E-state index is 0.00760. The lowest BCUT2D eigenvalue weighted by atomic mass is 10.2. The van der Waals surface area contributed by atoms with Gasteiger partial charge in [-0.3, -0.25) is 0 Å². The fraction of sp³-hybridized carbons (Fsp3) is 0.136. The molecule has 0 radical (unpaired) electrons. The van der Waals surface area contributed by atoms with Gasteiger partial charge in [-0.05, 0) is 79.7 Å². The Bertz CT molecular complexity index is 1210. The normalized spacial score (nSPS) is 13.9. The lowest BCUT2D eigenvalue weighted by Crippen LogP contribution is -2.15. The highest BCUT2D eigenvalue weighted by Gasteiger charge is 2.17. The summed E-state index contributed by atoms with van der Waals surface area (Å²) in [5.74, 6) is 3.75. The monoisotopic (exact) mass is 514 g/mol. The Kier molecular flexibility index (Phi) is 7.84. The van der Waals surface area contributed by atoms with Gasteiger partial charge in [0.15, 0.2) is 0 Å². The first kappa shape index (κ1) is 25.1. The van der Waals surface area contributed by atoms with E-state index in [-0.39, 0.29) is 17.2 Å². The topological polar surface area (TPSA) is 97.4 Å². The highest BCUT2D eigenvalue weighted by Crippen LogP contribution is 2.30. The summed E-state index contributed by atoms with van der Waals surface area (Å²) in [6, 6.07) is 17.7. The van der Waals surface area contributed by atoms with Crippen LogP contribution < -0.4 is 22.6 Å². The van der Waals surface area contributed by atoms with Gasteiger partial charge in [0.1, 0.15) is 28.7 Å². The Balaban J connectivity index is 1.82. The maximum Gasteiger partial charge on any atom is 0.488 e. The lowest BCUT2D eigenvalue weighted by molar-refractivity contribution is 0.00373. The molecule has 12 heteroatoms. The Morgan fingerprint density at radius 2 is 1.12 bits per heavy atom. The number of rotatable bonds is 11. The molecule has 8 nitrogen and oxygen atoms in total. The molecular weight excluding hydrogens is 494 g/mol. The molecule has 0 N–H and O–H groups in total. The van der Waals surface area contributed by atoms with Crippen LogP contribution in [0.2, 0.25) is 0 Å². The molecule has 0 spiro atoms. The molecule has 0 aliphatic heterocycles. The predicted octanol–water partition coefficient (Wildman–Crippen LogP) is 4.73. The molecule has 3 aromatic rings. The summed E-state index contributed by atoms with van der Waals surface area (Å²) in [4.78, 5) is 0. The first-order valence-electron chi connectivity index (χ1n) is 9.67. The first-order valence-corrected chi connectivity index (χ1v) is 12.5. The second-order valence-electron chi connectivity index (χ2n) is 6.61. The van der Waals surface area contributed by atoms with E-state index in [0.717, 1.165) is 0 Å². The summed E-state index contributed by atoms with van der Waals surface area (Å²) < 4.78 is 84.1. The van der Waals surface area contributed by atoms with Crippen LogP contribution in [-0.2, 0) is 20.7 Å². The molecular formula is C22H20F2O8S2. The first-order chi connectivity index (χ1) is 16.0. The largest absolute Gasteiger partial charge is 0.494 e. The van der Waals surface area contributed by atoms with Crippen molar-refractivity contribution >= 4 is 26.6 Å². The molecule has 3 aromatic carbocycles. The SMILES string of the molecule is C=S(=O)(F)Oc1ccc(OC(Oc2ccc(OS(=O)(=O)F)cc2)c2ccc(OCC)cc2)cc1. The van der Waals surface area contributed by atoms with E-state index in [9.17, 15) is 20.4 Å². The van der Waals surface area contributed by atoms with Gasteiger partial charge in [0.05, 0.1) is 6.61 Å². The molecule has 2 unspecified atom stereocenters. The number of halogens is 2. The highest BCUT2D eigenvalue weighted by molar-refractivity contribution is 7.91. The van der Waals surface area contributed by atoms with Crippen molar-refractivity contribution in [2.75, 3.05) is 6.61 Å². The van der Waals surface area contributed by atoms with Crippen molar-refractivity contribution in [1.29, 1.82) is 0 Å². The van der Waals surface area contributed by atoms with Gasteiger partial charge in [0.25, 0.3) is 16.5 Å². The Labute approximate surface area is 196 Å². The van der Waals surface area contributed by atoms with E-state index in [1.165, 1.54) is 48.5 Å². The van der Waals surface area contributed by atoms with E-state index in [2.05, 4.69) is 14.2 Å². The molecule has 0 amide bonds. The summed E-state index contributed by atoms with van der Waals surface area (Å²) in [5, 5.41) is 0. The van der Waals surface area contributed by atoms with Gasteiger partial charge < -0.3 is 22.6 Å². The third kappa shape index (κ3) is 8.12. The predicted molar refractivity (Wildman–Crippen MR) is 122 cm³/mol. The van der Waals surface area contributed by atoms with Crippen LogP contribution >= 0.6 is 0 Å². The fourth-order valence-corrected chi connectivity index (χ4v) is 3.44. The molecule has 34 heavy (non-hydrogen) atoms. The van der Waals surface area contributed by atoms with Crippen LogP contribution in [0.3, 0.4) is 0 Å². The summed E-state index contributed by atoms with van der Waals surface area (Å²) in [7, 11) is -9.32. The van der Waals surface area contributed by atoms with Gasteiger partial charge in [-0.25, -0.2) is 0 Å². The molecule has 0 aliphatic carbocycles. The quantitative estimate of drug-likeness (QED) is 0.206. The maximum atomic E-state index is 13.1. The molecule has 0 aliphatic rings. The van der Waals surface area contributed by atoms with Crippen LogP contribution in [0, 0.1) is 0 Å². The average Bonchev–Trinajstić information content (AvgIpc) is 2.75. The van der Waals surface area contributed by atoms with Crippen LogP contribution in [0.1, 0.15) is 18.8 Å². The van der Waals surface area contributed by atoms with Crippen molar-refractivity contribution < 1.29 is 43.0 Å². The van der Waals surface area contributed by atoms with Crippen LogP contribution in [0.4, 0.5) is 7.77 Å². The minimum Gasteiger partial charge on any atom is -0.494 e. The summed E-state index contributed by atoms with van der Waals surface area (Å²) in [5.41, 5.74) is 0.597. The van der Waals surface area contributed by atoms with Crippen molar-refractivity contribution in [3.63, 3.8) is 0 Å². The van der Waals surface area contributed by atoms with Crippen LogP contribution in [0.15, 0.2) is 72.8 Å². The van der Waals surface area contributed by atoms with Crippen molar-refractivity contribution in [2.24, 2.45) is 0 Å². The minimum atomic E-state index is -5.15. The standard InChI is InChI=1S/C22H20F2O8S2/c1-3-28-17-6-4-16(5-7-17)22(29-18-8-12-20(13-9-18)31-33(2,23)25)30-19-10-14-21(15-11-19)32-34(24,26)27/h4-15,22H,2-3H2,1H3. The zero-order valence-electron chi connectivity index (χ0n) is 17.8. The van der Waals surface area contributed by atoms with Gasteiger partial charge >= 0.3 is 10.5 Å². The Morgan fingerprint density at radius 1 is 0.706 bits per heavy atom. The molecule has 2 atom stereocenters. The molecule has 0 fully saturated rings. The van der Waals surface area contributed by atoms with Gasteiger partial charge in [-0.1, -0.05) is 3.89 Å². The average molecular weight is 515 g/mol. The Morgan fingerprint density at radius 3 is 1.53 bits per heavy atom. The van der Waals surface area contributed by atoms with Crippen LogP contribution in [0.5, 0.6) is 28.7 Å². The second kappa shape index (κ2) is 10.6. The molecule has 0 saturated carbocycles. The molecule has 182 valence electrons.